The standard InChI is InChI=1S/C21H22N2O4/c24-21(23-12-11-22-17-23)27-20(15-25-13-18-7-3-1-4-8-18)16-26-14-19-9-5-2-6-10-19/h1-12,17,20H,13-16H2. The summed E-state index contributed by atoms with van der Waals surface area (Å²) in [6.45, 7) is 1.37. The summed E-state index contributed by atoms with van der Waals surface area (Å²) in [4.78, 5) is 16.0. The van der Waals surface area contributed by atoms with E-state index in [9.17, 15) is 4.79 Å². The molecule has 140 valence electrons. The normalized spacial score (nSPS) is 10.9. The second kappa shape index (κ2) is 10.3. The number of carbonyl (C=O) groups is 1. The van der Waals surface area contributed by atoms with Gasteiger partial charge in [-0.25, -0.2) is 14.3 Å². The molecule has 6 nitrogen and oxygen atoms in total. The molecule has 0 saturated carbocycles. The number of benzene rings is 2. The number of aromatic nitrogens is 2. The van der Waals surface area contributed by atoms with Gasteiger partial charge in [0.25, 0.3) is 0 Å². The maximum absolute atomic E-state index is 12.2. The molecule has 0 spiro atoms. The van der Waals surface area contributed by atoms with Crippen LogP contribution in [0.4, 0.5) is 4.79 Å². The summed E-state index contributed by atoms with van der Waals surface area (Å²) in [6, 6.07) is 19.7. The molecule has 0 unspecified atom stereocenters. The lowest BCUT2D eigenvalue weighted by Crippen LogP contribution is -2.30. The van der Waals surface area contributed by atoms with Gasteiger partial charge in [-0.1, -0.05) is 60.7 Å². The molecule has 0 N–H and O–H groups in total. The van der Waals surface area contributed by atoms with E-state index in [0.717, 1.165) is 11.1 Å². The summed E-state index contributed by atoms with van der Waals surface area (Å²) < 4.78 is 18.2. The number of hydrogen-bond acceptors (Lipinski definition) is 5. The van der Waals surface area contributed by atoms with Crippen LogP contribution in [0.15, 0.2) is 79.4 Å². The summed E-state index contributed by atoms with van der Waals surface area (Å²) in [5.74, 6) is 0. The van der Waals surface area contributed by atoms with Crippen molar-refractivity contribution in [2.45, 2.75) is 19.3 Å². The highest BCUT2D eigenvalue weighted by molar-refractivity contribution is 5.70. The molecule has 2 aromatic carbocycles. The van der Waals surface area contributed by atoms with E-state index in [0.29, 0.717) is 13.2 Å². The van der Waals surface area contributed by atoms with Crippen LogP contribution < -0.4 is 0 Å². The molecule has 0 aliphatic rings. The fraction of sp³-hybridized carbons (Fsp3) is 0.238. The van der Waals surface area contributed by atoms with Gasteiger partial charge in [0.15, 0.2) is 6.10 Å². The van der Waals surface area contributed by atoms with E-state index in [2.05, 4.69) is 4.98 Å². The quantitative estimate of drug-likeness (QED) is 0.578. The predicted molar refractivity (Wildman–Crippen MR) is 100 cm³/mol. The number of carbonyl (C=O) groups excluding carboxylic acids is 1. The van der Waals surface area contributed by atoms with Crippen molar-refractivity contribution in [3.8, 4) is 0 Å². The molecule has 3 rings (SSSR count). The molecule has 6 heteroatoms. The van der Waals surface area contributed by atoms with E-state index in [1.165, 1.54) is 23.3 Å². The Hall–Kier alpha value is -2.96. The van der Waals surface area contributed by atoms with Gasteiger partial charge in [-0.2, -0.15) is 0 Å². The molecular weight excluding hydrogens is 344 g/mol. The monoisotopic (exact) mass is 366 g/mol. The Labute approximate surface area is 158 Å². The molecule has 0 saturated heterocycles. The minimum Gasteiger partial charge on any atom is -0.441 e. The molecule has 0 bridgehead atoms. The molecule has 0 radical (unpaired) electrons. The lowest BCUT2D eigenvalue weighted by molar-refractivity contribution is -0.0356. The number of ether oxygens (including phenoxy) is 3. The first-order valence-electron chi connectivity index (χ1n) is 8.73. The molecule has 0 atom stereocenters. The van der Waals surface area contributed by atoms with Gasteiger partial charge in [-0.15, -0.1) is 0 Å². The van der Waals surface area contributed by atoms with Crippen LogP contribution in [0.3, 0.4) is 0 Å². The third-order valence-corrected chi connectivity index (χ3v) is 3.81. The summed E-state index contributed by atoms with van der Waals surface area (Å²) in [5, 5.41) is 0. The number of hydrogen-bond donors (Lipinski definition) is 0. The van der Waals surface area contributed by atoms with Crippen LogP contribution in [-0.2, 0) is 27.4 Å². The third kappa shape index (κ3) is 6.36. The van der Waals surface area contributed by atoms with Gasteiger partial charge < -0.3 is 14.2 Å². The van der Waals surface area contributed by atoms with Crippen molar-refractivity contribution < 1.29 is 19.0 Å². The Bertz CT molecular complexity index is 746. The van der Waals surface area contributed by atoms with Gasteiger partial charge >= 0.3 is 6.09 Å². The number of nitrogens with zero attached hydrogens (tertiary/aromatic N) is 2. The molecule has 0 aliphatic carbocycles. The van der Waals surface area contributed by atoms with Gasteiger partial charge in [-0.05, 0) is 11.1 Å². The molecule has 1 heterocycles. The summed E-state index contributed by atoms with van der Waals surface area (Å²) in [5.41, 5.74) is 2.12. The topological polar surface area (TPSA) is 62.6 Å². The Morgan fingerprint density at radius 2 is 1.44 bits per heavy atom. The van der Waals surface area contributed by atoms with Gasteiger partial charge in [0.2, 0.25) is 0 Å². The van der Waals surface area contributed by atoms with E-state index < -0.39 is 12.2 Å². The predicted octanol–water partition coefficient (Wildman–Crippen LogP) is 3.67. The van der Waals surface area contributed by atoms with Crippen LogP contribution in [0, 0.1) is 0 Å². The average Bonchev–Trinajstić information content (AvgIpc) is 3.24. The second-order valence-electron chi connectivity index (χ2n) is 5.98. The zero-order valence-corrected chi connectivity index (χ0v) is 14.9. The smallest absolute Gasteiger partial charge is 0.419 e. The highest BCUT2D eigenvalue weighted by Crippen LogP contribution is 2.06. The first-order chi connectivity index (χ1) is 13.3. The van der Waals surface area contributed by atoms with E-state index >= 15 is 0 Å². The summed E-state index contributed by atoms with van der Waals surface area (Å²) in [6.07, 6.45) is 3.43. The fourth-order valence-electron chi connectivity index (χ4n) is 2.45. The van der Waals surface area contributed by atoms with Crippen LogP contribution in [0.2, 0.25) is 0 Å². The summed E-state index contributed by atoms with van der Waals surface area (Å²) in [7, 11) is 0. The van der Waals surface area contributed by atoms with Gasteiger partial charge in [0.05, 0.1) is 26.4 Å². The SMILES string of the molecule is O=C(OC(COCc1ccccc1)COCc1ccccc1)n1ccnc1. The Balaban J connectivity index is 1.51. The van der Waals surface area contributed by atoms with Crippen molar-refractivity contribution >= 4 is 6.09 Å². The van der Waals surface area contributed by atoms with E-state index in [1.54, 1.807) is 0 Å². The minimum absolute atomic E-state index is 0.240. The first-order valence-corrected chi connectivity index (χ1v) is 8.73. The van der Waals surface area contributed by atoms with Crippen molar-refractivity contribution in [1.82, 2.24) is 9.55 Å². The zero-order chi connectivity index (χ0) is 18.7. The molecule has 1 aromatic heterocycles. The largest absolute Gasteiger partial charge is 0.441 e. The van der Waals surface area contributed by atoms with Crippen molar-refractivity contribution in [2.75, 3.05) is 13.2 Å². The van der Waals surface area contributed by atoms with Gasteiger partial charge in [-0.3, -0.25) is 0 Å². The highest BCUT2D eigenvalue weighted by Gasteiger charge is 2.17. The van der Waals surface area contributed by atoms with E-state index in [-0.39, 0.29) is 13.2 Å². The first kappa shape index (κ1) is 18.8. The Morgan fingerprint density at radius 1 is 0.889 bits per heavy atom. The molecule has 3 aromatic rings. The Morgan fingerprint density at radius 3 is 1.93 bits per heavy atom. The van der Waals surface area contributed by atoms with Crippen LogP contribution in [0.25, 0.3) is 0 Å². The molecule has 0 aliphatic heterocycles. The lowest BCUT2D eigenvalue weighted by atomic mass is 10.2. The molecular formula is C21H22N2O4. The van der Waals surface area contributed by atoms with E-state index in [4.69, 9.17) is 14.2 Å². The fourth-order valence-corrected chi connectivity index (χ4v) is 2.45. The molecule has 27 heavy (non-hydrogen) atoms. The highest BCUT2D eigenvalue weighted by atomic mass is 16.6. The van der Waals surface area contributed by atoms with Gasteiger partial charge in [0.1, 0.15) is 6.33 Å². The van der Waals surface area contributed by atoms with Crippen molar-refractivity contribution in [1.29, 1.82) is 0 Å². The van der Waals surface area contributed by atoms with Crippen molar-refractivity contribution in [3.63, 3.8) is 0 Å². The van der Waals surface area contributed by atoms with Crippen LogP contribution in [0.5, 0.6) is 0 Å². The third-order valence-electron chi connectivity index (χ3n) is 3.81. The molecule has 0 amide bonds. The molecule has 0 fully saturated rings. The second-order valence-corrected chi connectivity index (χ2v) is 5.98. The maximum atomic E-state index is 12.2. The zero-order valence-electron chi connectivity index (χ0n) is 14.9. The average molecular weight is 366 g/mol. The van der Waals surface area contributed by atoms with Crippen LogP contribution in [-0.4, -0.2) is 35.0 Å². The van der Waals surface area contributed by atoms with E-state index in [1.807, 2.05) is 60.7 Å². The summed E-state index contributed by atoms with van der Waals surface area (Å²) >= 11 is 0. The van der Waals surface area contributed by atoms with Gasteiger partial charge in [0, 0.05) is 12.4 Å². The Kier molecular flexibility index (Phi) is 7.15. The minimum atomic E-state index is -0.521. The van der Waals surface area contributed by atoms with Crippen LogP contribution in [0.1, 0.15) is 11.1 Å². The maximum Gasteiger partial charge on any atom is 0.419 e. The van der Waals surface area contributed by atoms with Crippen molar-refractivity contribution in [2.24, 2.45) is 0 Å². The number of imidazole rings is 1. The lowest BCUT2D eigenvalue weighted by Gasteiger charge is -2.18. The van der Waals surface area contributed by atoms with Crippen molar-refractivity contribution in [3.05, 3.63) is 90.5 Å². The number of rotatable bonds is 9. The van der Waals surface area contributed by atoms with Crippen LogP contribution >= 0.6 is 0 Å².